The molecule has 1 aromatic heterocycles. The number of hydrogen-bond acceptors (Lipinski definition) is 4. The molecular formula is C12H19N3O4. The Kier molecular flexibility index (Phi) is 4.18. The Bertz CT molecular complexity index is 450. The maximum Gasteiger partial charge on any atom is 0.408 e. The van der Waals surface area contributed by atoms with E-state index in [1.54, 1.807) is 33.0 Å². The third-order valence-electron chi connectivity index (χ3n) is 2.29. The van der Waals surface area contributed by atoms with Gasteiger partial charge in [0.2, 0.25) is 0 Å². The van der Waals surface area contributed by atoms with Gasteiger partial charge in [0.15, 0.2) is 5.54 Å². The summed E-state index contributed by atoms with van der Waals surface area (Å²) in [5, 5.41) is 15.6. The second kappa shape index (κ2) is 5.29. The molecule has 1 atom stereocenters. The van der Waals surface area contributed by atoms with Crippen molar-refractivity contribution < 1.29 is 19.4 Å². The van der Waals surface area contributed by atoms with E-state index in [0.717, 1.165) is 0 Å². The summed E-state index contributed by atoms with van der Waals surface area (Å²) >= 11 is 0. The van der Waals surface area contributed by atoms with Gasteiger partial charge in [-0.25, -0.2) is 9.59 Å². The molecule has 0 saturated carbocycles. The van der Waals surface area contributed by atoms with E-state index in [2.05, 4.69) is 10.4 Å². The van der Waals surface area contributed by atoms with Gasteiger partial charge >= 0.3 is 12.1 Å². The van der Waals surface area contributed by atoms with E-state index in [9.17, 15) is 14.7 Å². The standard InChI is InChI=1S/C12H19N3O4/c1-11(2,3)19-10(18)14-12(4,9(16)17)8-15-7-5-6-13-15/h5-7H,8H2,1-4H3,(H,14,18)(H,16,17). The minimum absolute atomic E-state index is 0.00851. The van der Waals surface area contributed by atoms with E-state index in [1.807, 2.05) is 0 Å². The summed E-state index contributed by atoms with van der Waals surface area (Å²) in [5.41, 5.74) is -2.18. The van der Waals surface area contributed by atoms with E-state index < -0.39 is 23.2 Å². The van der Waals surface area contributed by atoms with Crippen LogP contribution >= 0.6 is 0 Å². The largest absolute Gasteiger partial charge is 0.479 e. The highest BCUT2D eigenvalue weighted by molar-refractivity contribution is 5.83. The van der Waals surface area contributed by atoms with Crippen LogP contribution in [0.5, 0.6) is 0 Å². The first-order valence-electron chi connectivity index (χ1n) is 5.84. The summed E-state index contributed by atoms with van der Waals surface area (Å²) in [5.74, 6) is -1.16. The van der Waals surface area contributed by atoms with Crippen LogP contribution in [0.2, 0.25) is 0 Å². The number of hydrogen-bond donors (Lipinski definition) is 2. The van der Waals surface area contributed by atoms with Crippen molar-refractivity contribution >= 4 is 12.1 Å². The Hall–Kier alpha value is -2.05. The van der Waals surface area contributed by atoms with Crippen LogP contribution in [-0.4, -0.2) is 38.1 Å². The van der Waals surface area contributed by atoms with Crippen molar-refractivity contribution in [3.8, 4) is 0 Å². The molecule has 19 heavy (non-hydrogen) atoms. The van der Waals surface area contributed by atoms with Crippen LogP contribution < -0.4 is 5.32 Å². The van der Waals surface area contributed by atoms with Gasteiger partial charge in [0.25, 0.3) is 0 Å². The monoisotopic (exact) mass is 269 g/mol. The molecule has 106 valence electrons. The molecule has 0 spiro atoms. The lowest BCUT2D eigenvalue weighted by Crippen LogP contribution is -2.56. The van der Waals surface area contributed by atoms with Crippen LogP contribution in [-0.2, 0) is 16.1 Å². The number of ether oxygens (including phenoxy) is 1. The molecule has 1 unspecified atom stereocenters. The molecule has 0 aliphatic carbocycles. The molecule has 1 amide bonds. The van der Waals surface area contributed by atoms with Gasteiger partial charge in [-0.3, -0.25) is 4.68 Å². The van der Waals surface area contributed by atoms with Crippen LogP contribution in [0, 0.1) is 0 Å². The highest BCUT2D eigenvalue weighted by atomic mass is 16.6. The van der Waals surface area contributed by atoms with E-state index in [1.165, 1.54) is 17.8 Å². The predicted octanol–water partition coefficient (Wildman–Crippen LogP) is 1.25. The molecule has 2 N–H and O–H groups in total. The molecule has 0 bridgehead atoms. The van der Waals surface area contributed by atoms with Gasteiger partial charge in [-0.1, -0.05) is 0 Å². The second-order valence-corrected chi connectivity index (χ2v) is 5.47. The zero-order valence-corrected chi connectivity index (χ0v) is 11.5. The summed E-state index contributed by atoms with van der Waals surface area (Å²) in [4.78, 5) is 23.0. The van der Waals surface area contributed by atoms with E-state index in [-0.39, 0.29) is 6.54 Å². The van der Waals surface area contributed by atoms with Crippen LogP contribution in [0.4, 0.5) is 4.79 Å². The SMILES string of the molecule is CC(C)(C)OC(=O)NC(C)(Cn1cccn1)C(=O)O. The van der Waals surface area contributed by atoms with Gasteiger partial charge in [-0.2, -0.15) is 5.10 Å². The molecule has 0 fully saturated rings. The minimum Gasteiger partial charge on any atom is -0.479 e. The topological polar surface area (TPSA) is 93.5 Å². The first kappa shape index (κ1) is 15.0. The molecule has 0 aliphatic heterocycles. The van der Waals surface area contributed by atoms with Crippen LogP contribution in [0.25, 0.3) is 0 Å². The predicted molar refractivity (Wildman–Crippen MR) is 67.6 cm³/mol. The molecule has 0 aromatic carbocycles. The first-order valence-corrected chi connectivity index (χ1v) is 5.84. The number of nitrogens with zero attached hydrogens (tertiary/aromatic N) is 2. The molecule has 1 aromatic rings. The number of rotatable bonds is 4. The summed E-state index contributed by atoms with van der Waals surface area (Å²) in [6.45, 7) is 6.53. The average Bonchev–Trinajstić information content (AvgIpc) is 2.66. The van der Waals surface area contributed by atoms with Gasteiger partial charge in [0.1, 0.15) is 5.60 Å². The van der Waals surface area contributed by atoms with E-state index in [4.69, 9.17) is 4.74 Å². The molecule has 1 heterocycles. The van der Waals surface area contributed by atoms with Crippen molar-refractivity contribution in [1.82, 2.24) is 15.1 Å². The van der Waals surface area contributed by atoms with Gasteiger partial charge in [-0.15, -0.1) is 0 Å². The quantitative estimate of drug-likeness (QED) is 0.858. The number of nitrogens with one attached hydrogen (secondary N) is 1. The number of carbonyl (C=O) groups excluding carboxylic acids is 1. The Morgan fingerprint density at radius 2 is 2.00 bits per heavy atom. The fourth-order valence-corrected chi connectivity index (χ4v) is 1.41. The van der Waals surface area contributed by atoms with Crippen molar-refractivity contribution in [2.24, 2.45) is 0 Å². The number of carbonyl (C=O) groups is 2. The summed E-state index contributed by atoms with van der Waals surface area (Å²) in [6.07, 6.45) is 2.39. The molecule has 0 aliphatic rings. The number of carboxylic acids is 1. The van der Waals surface area contributed by atoms with Crippen molar-refractivity contribution in [2.45, 2.75) is 45.4 Å². The van der Waals surface area contributed by atoms with E-state index >= 15 is 0 Å². The summed E-state index contributed by atoms with van der Waals surface area (Å²) in [6, 6.07) is 1.68. The molecule has 0 radical (unpaired) electrons. The number of amides is 1. The highest BCUT2D eigenvalue weighted by Gasteiger charge is 2.37. The molecule has 1 rings (SSSR count). The molecule has 0 saturated heterocycles. The zero-order valence-electron chi connectivity index (χ0n) is 11.5. The summed E-state index contributed by atoms with van der Waals surface area (Å²) < 4.78 is 6.50. The third kappa shape index (κ3) is 4.61. The van der Waals surface area contributed by atoms with Gasteiger partial charge in [0.05, 0.1) is 6.54 Å². The maximum atomic E-state index is 11.7. The molecule has 7 heteroatoms. The number of alkyl carbamates (subject to hydrolysis) is 1. The highest BCUT2D eigenvalue weighted by Crippen LogP contribution is 2.12. The third-order valence-corrected chi connectivity index (χ3v) is 2.29. The Labute approximate surface area is 111 Å². The first-order chi connectivity index (χ1) is 8.62. The maximum absolute atomic E-state index is 11.7. The van der Waals surface area contributed by atoms with Gasteiger partial charge < -0.3 is 15.2 Å². The second-order valence-electron chi connectivity index (χ2n) is 5.47. The van der Waals surface area contributed by atoms with Crippen molar-refractivity contribution in [3.05, 3.63) is 18.5 Å². The lowest BCUT2D eigenvalue weighted by atomic mass is 10.0. The van der Waals surface area contributed by atoms with Gasteiger partial charge in [0, 0.05) is 12.4 Å². The van der Waals surface area contributed by atoms with E-state index in [0.29, 0.717) is 0 Å². The zero-order chi connectivity index (χ0) is 14.7. The number of aliphatic carboxylic acids is 1. The fourth-order valence-electron chi connectivity index (χ4n) is 1.41. The minimum atomic E-state index is -1.49. The smallest absolute Gasteiger partial charge is 0.408 e. The lowest BCUT2D eigenvalue weighted by molar-refractivity contribution is -0.144. The molecule has 7 nitrogen and oxygen atoms in total. The lowest BCUT2D eigenvalue weighted by Gasteiger charge is -2.28. The Morgan fingerprint density at radius 1 is 1.37 bits per heavy atom. The van der Waals surface area contributed by atoms with Crippen LogP contribution in [0.1, 0.15) is 27.7 Å². The number of carboxylic acid groups (broad SMARTS) is 1. The van der Waals surface area contributed by atoms with Crippen LogP contribution in [0.15, 0.2) is 18.5 Å². The van der Waals surface area contributed by atoms with Crippen molar-refractivity contribution in [2.75, 3.05) is 0 Å². The van der Waals surface area contributed by atoms with Crippen LogP contribution in [0.3, 0.4) is 0 Å². The molecular weight excluding hydrogens is 250 g/mol. The fraction of sp³-hybridized carbons (Fsp3) is 0.583. The van der Waals surface area contributed by atoms with Gasteiger partial charge in [-0.05, 0) is 33.8 Å². The van der Waals surface area contributed by atoms with Crippen molar-refractivity contribution in [1.29, 1.82) is 0 Å². The summed E-state index contributed by atoms with van der Waals surface area (Å²) in [7, 11) is 0. The normalized spacial score (nSPS) is 14.5. The van der Waals surface area contributed by atoms with Crippen molar-refractivity contribution in [3.63, 3.8) is 0 Å². The Morgan fingerprint density at radius 3 is 2.42 bits per heavy atom. The Balaban J connectivity index is 2.77. The number of aromatic nitrogens is 2. The average molecular weight is 269 g/mol.